The first-order chi connectivity index (χ1) is 17.3. The summed E-state index contributed by atoms with van der Waals surface area (Å²) in [6.45, 7) is 4.98. The van der Waals surface area contributed by atoms with Crippen molar-refractivity contribution in [3.05, 3.63) is 101 Å². The maximum Gasteiger partial charge on any atom is 0.340 e. The Morgan fingerprint density at radius 1 is 0.833 bits per heavy atom. The zero-order chi connectivity index (χ0) is 25.4. The van der Waals surface area contributed by atoms with Crippen molar-refractivity contribution in [2.45, 2.75) is 38.2 Å². The van der Waals surface area contributed by atoms with Crippen LogP contribution in [-0.2, 0) is 24.5 Å². The molecule has 6 nitrogen and oxygen atoms in total. The lowest BCUT2D eigenvalue weighted by molar-refractivity contribution is -0.132. The molecule has 3 aliphatic carbocycles. The van der Waals surface area contributed by atoms with Gasteiger partial charge in [0.05, 0.1) is 34.6 Å². The van der Waals surface area contributed by atoms with Gasteiger partial charge in [0.1, 0.15) is 5.78 Å². The molecule has 1 aliphatic heterocycles. The zero-order valence-corrected chi connectivity index (χ0v) is 20.2. The van der Waals surface area contributed by atoms with Gasteiger partial charge in [-0.05, 0) is 55.2 Å². The highest BCUT2D eigenvalue weighted by Gasteiger charge is 2.70. The quantitative estimate of drug-likeness (QED) is 0.410. The molecule has 7 rings (SSSR count). The number of nitrogens with zero attached hydrogens (tertiary/aromatic N) is 1. The molecule has 4 aliphatic rings. The zero-order valence-electron chi connectivity index (χ0n) is 20.2. The molecule has 1 fully saturated rings. The minimum atomic E-state index is -1.28. The Morgan fingerprint density at radius 2 is 1.39 bits per heavy atom. The van der Waals surface area contributed by atoms with E-state index in [1.807, 2.05) is 48.5 Å². The number of ether oxygens (including phenoxy) is 1. The maximum absolute atomic E-state index is 14.3. The average molecular weight is 480 g/mol. The Labute approximate surface area is 208 Å². The van der Waals surface area contributed by atoms with Crippen LogP contribution >= 0.6 is 0 Å². The SMILES string of the molecule is CC(=O)C12c3ccccc3C(c3ccccc31)[C@@H]1C(=O)N(c3ccccc3C(=O)OC(C)C)C(=O)[C@H]12. The summed E-state index contributed by atoms with van der Waals surface area (Å²) in [5, 5.41) is 0. The van der Waals surface area contributed by atoms with Crippen LogP contribution < -0.4 is 4.90 Å². The first-order valence-corrected chi connectivity index (χ1v) is 12.2. The van der Waals surface area contributed by atoms with Crippen molar-refractivity contribution in [3.8, 4) is 0 Å². The number of Topliss-reactive ketones (excluding diaryl/α,β-unsaturated/α-hetero) is 1. The van der Waals surface area contributed by atoms with E-state index in [4.69, 9.17) is 4.74 Å². The third-order valence-electron chi connectivity index (χ3n) is 7.88. The molecule has 180 valence electrons. The largest absolute Gasteiger partial charge is 0.459 e. The van der Waals surface area contributed by atoms with Gasteiger partial charge in [-0.25, -0.2) is 9.69 Å². The molecule has 6 heteroatoms. The van der Waals surface area contributed by atoms with E-state index in [-0.39, 0.29) is 29.1 Å². The lowest BCUT2D eigenvalue weighted by atomic mass is 9.46. The molecule has 2 atom stereocenters. The number of hydrogen-bond acceptors (Lipinski definition) is 5. The van der Waals surface area contributed by atoms with E-state index in [1.165, 1.54) is 6.92 Å². The molecule has 0 unspecified atom stereocenters. The Bertz CT molecular complexity index is 1420. The Hall–Kier alpha value is -4.06. The van der Waals surface area contributed by atoms with Crippen molar-refractivity contribution in [3.63, 3.8) is 0 Å². The highest BCUT2D eigenvalue weighted by molar-refractivity contribution is 6.27. The maximum atomic E-state index is 14.3. The van der Waals surface area contributed by atoms with Crippen LogP contribution in [-0.4, -0.2) is 29.7 Å². The van der Waals surface area contributed by atoms with E-state index in [0.29, 0.717) is 0 Å². The number of imide groups is 1. The van der Waals surface area contributed by atoms with Gasteiger partial charge in [-0.2, -0.15) is 0 Å². The van der Waals surface area contributed by atoms with Gasteiger partial charge in [0.15, 0.2) is 0 Å². The molecule has 0 saturated carbocycles. The first-order valence-electron chi connectivity index (χ1n) is 12.2. The summed E-state index contributed by atoms with van der Waals surface area (Å²) in [5.74, 6) is -3.64. The topological polar surface area (TPSA) is 80.8 Å². The minimum Gasteiger partial charge on any atom is -0.459 e. The van der Waals surface area contributed by atoms with Gasteiger partial charge in [0.25, 0.3) is 0 Å². The fourth-order valence-electron chi connectivity index (χ4n) is 6.73. The summed E-state index contributed by atoms with van der Waals surface area (Å²) in [5.41, 5.74) is 2.45. The minimum absolute atomic E-state index is 0.144. The van der Waals surface area contributed by atoms with Crippen molar-refractivity contribution in [1.29, 1.82) is 0 Å². The molecule has 36 heavy (non-hydrogen) atoms. The summed E-state index contributed by atoms with van der Waals surface area (Å²) in [6, 6.07) is 21.8. The molecule has 1 saturated heterocycles. The van der Waals surface area contributed by atoms with E-state index in [0.717, 1.165) is 27.2 Å². The van der Waals surface area contributed by atoms with Crippen molar-refractivity contribution in [2.75, 3.05) is 4.90 Å². The Kier molecular flexibility index (Phi) is 4.80. The van der Waals surface area contributed by atoms with Gasteiger partial charge in [0, 0.05) is 5.92 Å². The number of carbonyl (C=O) groups is 4. The molecule has 2 bridgehead atoms. The molecule has 2 amide bonds. The van der Waals surface area contributed by atoms with Gasteiger partial charge in [-0.1, -0.05) is 60.7 Å². The molecule has 0 radical (unpaired) electrons. The van der Waals surface area contributed by atoms with E-state index < -0.39 is 35.0 Å². The smallest absolute Gasteiger partial charge is 0.340 e. The number of anilines is 1. The standard InChI is InChI=1S/C30H25NO5/c1-16(2)36-29(35)20-12-6-9-15-23(20)31-27(33)25-24-18-10-4-7-13-21(18)30(17(3)32,26(25)28(31)34)22-14-8-5-11-19(22)24/h4-16,24-26H,1-3H3/t24?,25-,26-,30?/m0/s1. The fourth-order valence-corrected chi connectivity index (χ4v) is 6.73. The van der Waals surface area contributed by atoms with Gasteiger partial charge >= 0.3 is 5.97 Å². The Morgan fingerprint density at radius 3 is 1.97 bits per heavy atom. The number of amides is 2. The van der Waals surface area contributed by atoms with Crippen molar-refractivity contribution < 1.29 is 23.9 Å². The normalized spacial score (nSPS) is 25.4. The van der Waals surface area contributed by atoms with Gasteiger partial charge in [-0.15, -0.1) is 0 Å². The highest BCUT2D eigenvalue weighted by Crippen LogP contribution is 2.64. The van der Waals surface area contributed by atoms with Crippen LogP contribution in [0.25, 0.3) is 0 Å². The van der Waals surface area contributed by atoms with Crippen molar-refractivity contribution >= 4 is 29.3 Å². The molecule has 3 aromatic carbocycles. The summed E-state index contributed by atoms with van der Waals surface area (Å²) in [7, 11) is 0. The van der Waals surface area contributed by atoms with Crippen LogP contribution in [0, 0.1) is 11.8 Å². The molecule has 1 heterocycles. The molecular weight excluding hydrogens is 454 g/mol. The Balaban J connectivity index is 1.59. The van der Waals surface area contributed by atoms with Gasteiger partial charge < -0.3 is 4.74 Å². The number of hydrogen-bond donors (Lipinski definition) is 0. The third-order valence-corrected chi connectivity index (χ3v) is 7.88. The second-order valence-electron chi connectivity index (χ2n) is 10.0. The summed E-state index contributed by atoms with van der Waals surface area (Å²) >= 11 is 0. The average Bonchev–Trinajstić information content (AvgIpc) is 3.14. The summed E-state index contributed by atoms with van der Waals surface area (Å²) < 4.78 is 5.40. The van der Waals surface area contributed by atoms with E-state index in [9.17, 15) is 19.2 Å². The van der Waals surface area contributed by atoms with E-state index >= 15 is 0 Å². The number of carbonyl (C=O) groups excluding carboxylic acids is 4. The molecular formula is C30H25NO5. The molecule has 3 aromatic rings. The van der Waals surface area contributed by atoms with Crippen LogP contribution in [0.4, 0.5) is 5.69 Å². The lowest BCUT2D eigenvalue weighted by Gasteiger charge is -2.52. The van der Waals surface area contributed by atoms with Crippen LogP contribution in [0.2, 0.25) is 0 Å². The number of ketones is 1. The number of benzene rings is 3. The molecule has 0 spiro atoms. The number of esters is 1. The van der Waals surface area contributed by atoms with Crippen LogP contribution in [0.15, 0.2) is 72.8 Å². The monoisotopic (exact) mass is 479 g/mol. The lowest BCUT2D eigenvalue weighted by Crippen LogP contribution is -2.57. The molecule has 0 aromatic heterocycles. The van der Waals surface area contributed by atoms with Crippen molar-refractivity contribution in [2.24, 2.45) is 11.8 Å². The predicted molar refractivity (Wildman–Crippen MR) is 133 cm³/mol. The van der Waals surface area contributed by atoms with Gasteiger partial charge in [-0.3, -0.25) is 14.4 Å². The van der Waals surface area contributed by atoms with E-state index in [1.54, 1.807) is 38.1 Å². The van der Waals surface area contributed by atoms with Crippen molar-refractivity contribution in [1.82, 2.24) is 0 Å². The third kappa shape index (κ3) is 2.67. The van der Waals surface area contributed by atoms with Gasteiger partial charge in [0.2, 0.25) is 11.8 Å². The molecule has 0 N–H and O–H groups in total. The second kappa shape index (κ2) is 7.72. The second-order valence-corrected chi connectivity index (χ2v) is 10.0. The first kappa shape index (κ1) is 22.4. The predicted octanol–water partition coefficient (Wildman–Crippen LogP) is 4.39. The number of rotatable bonds is 4. The number of para-hydroxylation sites is 1. The summed E-state index contributed by atoms with van der Waals surface area (Å²) in [4.78, 5) is 56.1. The summed E-state index contributed by atoms with van der Waals surface area (Å²) in [6.07, 6.45) is -0.362. The van der Waals surface area contributed by atoms with Crippen LogP contribution in [0.5, 0.6) is 0 Å². The van der Waals surface area contributed by atoms with Crippen LogP contribution in [0.3, 0.4) is 0 Å². The fraction of sp³-hybridized carbons (Fsp3) is 0.267. The van der Waals surface area contributed by atoms with Crippen LogP contribution in [0.1, 0.15) is 59.3 Å². The van der Waals surface area contributed by atoms with E-state index in [2.05, 4.69) is 0 Å². The highest BCUT2D eigenvalue weighted by atomic mass is 16.5.